The number of nitrogens with one attached hydrogen (secondary N) is 1. The number of piperidine rings is 1. The molecule has 1 aliphatic rings. The molecule has 0 saturated carbocycles. The summed E-state index contributed by atoms with van der Waals surface area (Å²) in [4.78, 5) is 20.4. The zero-order valence-corrected chi connectivity index (χ0v) is 17.0. The molecule has 0 spiro atoms. The van der Waals surface area contributed by atoms with Crippen molar-refractivity contribution in [2.45, 2.75) is 31.7 Å². The first-order valence-electron chi connectivity index (χ1n) is 9.79. The van der Waals surface area contributed by atoms with E-state index in [2.05, 4.69) is 27.3 Å². The summed E-state index contributed by atoms with van der Waals surface area (Å²) in [5.41, 5.74) is 2.02. The number of hydrogen-bond donors (Lipinski definition) is 1. The van der Waals surface area contributed by atoms with Crippen LogP contribution in [0.15, 0.2) is 42.0 Å². The Morgan fingerprint density at radius 2 is 2.04 bits per heavy atom. The Morgan fingerprint density at radius 1 is 1.25 bits per heavy atom. The average molecular weight is 399 g/mol. The third-order valence-corrected chi connectivity index (χ3v) is 6.08. The molecule has 28 heavy (non-hydrogen) atoms. The molecule has 1 N–H and O–H groups in total. The predicted molar refractivity (Wildman–Crippen MR) is 111 cm³/mol. The van der Waals surface area contributed by atoms with Crippen LogP contribution in [0.2, 0.25) is 0 Å². The van der Waals surface area contributed by atoms with Gasteiger partial charge in [0.1, 0.15) is 5.75 Å². The molecule has 0 radical (unpaired) electrons. The Bertz CT molecular complexity index is 884. The minimum atomic E-state index is 0.0151. The quantitative estimate of drug-likeness (QED) is 0.664. The molecule has 1 fully saturated rings. The van der Waals surface area contributed by atoms with E-state index in [-0.39, 0.29) is 11.9 Å². The highest BCUT2D eigenvalue weighted by Gasteiger charge is 2.23. The van der Waals surface area contributed by atoms with E-state index in [1.807, 2.05) is 34.3 Å². The Labute approximate surface area is 169 Å². The average Bonchev–Trinajstić information content (AvgIpc) is 3.31. The van der Waals surface area contributed by atoms with Gasteiger partial charge in [-0.1, -0.05) is 18.6 Å². The van der Waals surface area contributed by atoms with Crippen molar-refractivity contribution in [3.63, 3.8) is 0 Å². The first-order chi connectivity index (χ1) is 13.7. The molecule has 1 aromatic carbocycles. The number of amides is 1. The van der Waals surface area contributed by atoms with Crippen LogP contribution in [0.4, 0.5) is 0 Å². The van der Waals surface area contributed by atoms with Gasteiger partial charge in [0.05, 0.1) is 25.3 Å². The van der Waals surface area contributed by atoms with Gasteiger partial charge in [-0.2, -0.15) is 0 Å². The minimum Gasteiger partial charge on any atom is -0.497 e. The van der Waals surface area contributed by atoms with Crippen LogP contribution in [0.25, 0.3) is 4.96 Å². The Balaban J connectivity index is 1.41. The fourth-order valence-corrected chi connectivity index (χ4v) is 4.53. The van der Waals surface area contributed by atoms with E-state index in [9.17, 15) is 4.79 Å². The van der Waals surface area contributed by atoms with Crippen molar-refractivity contribution in [3.8, 4) is 5.75 Å². The number of benzene rings is 1. The van der Waals surface area contributed by atoms with E-state index in [1.165, 1.54) is 24.8 Å². The van der Waals surface area contributed by atoms with Crippen LogP contribution in [0.5, 0.6) is 5.75 Å². The molecule has 1 aliphatic heterocycles. The van der Waals surface area contributed by atoms with Crippen molar-refractivity contribution in [3.05, 3.63) is 53.3 Å². The maximum atomic E-state index is 12.5. The SMILES string of the molecule is COc1ccc(C(CNC(=O)Cc2cn3ccsc3n2)N2CCCCC2)cc1. The summed E-state index contributed by atoms with van der Waals surface area (Å²) >= 11 is 1.58. The number of likely N-dealkylation sites (tertiary alicyclic amines) is 1. The summed E-state index contributed by atoms with van der Waals surface area (Å²) in [6, 6.07) is 8.37. The largest absolute Gasteiger partial charge is 0.497 e. The first-order valence-corrected chi connectivity index (χ1v) is 10.7. The van der Waals surface area contributed by atoms with Crippen LogP contribution >= 0.6 is 11.3 Å². The van der Waals surface area contributed by atoms with Gasteiger partial charge >= 0.3 is 0 Å². The second kappa shape index (κ2) is 8.75. The van der Waals surface area contributed by atoms with E-state index in [0.717, 1.165) is 29.5 Å². The van der Waals surface area contributed by atoms with Gasteiger partial charge < -0.3 is 10.1 Å². The normalized spacial score (nSPS) is 16.2. The molecule has 1 amide bonds. The molecule has 148 valence electrons. The molecule has 0 bridgehead atoms. The number of rotatable bonds is 7. The molecular weight excluding hydrogens is 372 g/mol. The summed E-state index contributed by atoms with van der Waals surface area (Å²) in [7, 11) is 1.68. The van der Waals surface area contributed by atoms with Gasteiger partial charge in [-0.25, -0.2) is 4.98 Å². The van der Waals surface area contributed by atoms with E-state index < -0.39 is 0 Å². The summed E-state index contributed by atoms with van der Waals surface area (Å²) in [6.07, 6.45) is 7.92. The number of hydrogen-bond acceptors (Lipinski definition) is 5. The van der Waals surface area contributed by atoms with Crippen LogP contribution < -0.4 is 10.1 Å². The predicted octanol–water partition coefficient (Wildman–Crippen LogP) is 3.29. The summed E-state index contributed by atoms with van der Waals surface area (Å²) in [5, 5.41) is 5.12. The van der Waals surface area contributed by atoms with Gasteiger partial charge in [0, 0.05) is 24.3 Å². The molecule has 7 heteroatoms. The lowest BCUT2D eigenvalue weighted by Gasteiger charge is -2.35. The highest BCUT2D eigenvalue weighted by Crippen LogP contribution is 2.26. The molecule has 1 unspecified atom stereocenters. The number of fused-ring (bicyclic) bond motifs is 1. The monoisotopic (exact) mass is 398 g/mol. The molecule has 2 aromatic heterocycles. The first kappa shape index (κ1) is 19.0. The van der Waals surface area contributed by atoms with Crippen molar-refractivity contribution in [1.29, 1.82) is 0 Å². The third kappa shape index (κ3) is 4.36. The topological polar surface area (TPSA) is 58.9 Å². The Kier molecular flexibility index (Phi) is 5.92. The minimum absolute atomic E-state index is 0.0151. The lowest BCUT2D eigenvalue weighted by atomic mass is 10.0. The van der Waals surface area contributed by atoms with Crippen molar-refractivity contribution >= 4 is 22.2 Å². The summed E-state index contributed by atoms with van der Waals surface area (Å²) in [6.45, 7) is 2.75. The van der Waals surface area contributed by atoms with E-state index in [0.29, 0.717) is 13.0 Å². The molecule has 1 atom stereocenters. The summed E-state index contributed by atoms with van der Waals surface area (Å²) < 4.78 is 7.25. The number of carbonyl (C=O) groups is 1. The highest BCUT2D eigenvalue weighted by molar-refractivity contribution is 7.15. The van der Waals surface area contributed by atoms with Crippen LogP contribution in [-0.4, -0.2) is 46.9 Å². The van der Waals surface area contributed by atoms with Gasteiger partial charge in [-0.15, -0.1) is 11.3 Å². The van der Waals surface area contributed by atoms with Gasteiger partial charge in [0.2, 0.25) is 5.91 Å². The van der Waals surface area contributed by atoms with Crippen molar-refractivity contribution in [1.82, 2.24) is 19.6 Å². The van der Waals surface area contributed by atoms with Crippen LogP contribution in [0.1, 0.15) is 36.6 Å². The number of nitrogens with zero attached hydrogens (tertiary/aromatic N) is 3. The van der Waals surface area contributed by atoms with E-state index in [4.69, 9.17) is 4.74 Å². The number of ether oxygens (including phenoxy) is 1. The zero-order valence-electron chi connectivity index (χ0n) is 16.1. The molecule has 1 saturated heterocycles. The molecule has 3 aromatic rings. The van der Waals surface area contributed by atoms with E-state index >= 15 is 0 Å². The van der Waals surface area contributed by atoms with Gasteiger partial charge in [0.15, 0.2) is 4.96 Å². The smallest absolute Gasteiger partial charge is 0.226 e. The highest BCUT2D eigenvalue weighted by atomic mass is 32.1. The molecule has 6 nitrogen and oxygen atoms in total. The lowest BCUT2D eigenvalue weighted by Crippen LogP contribution is -2.41. The van der Waals surface area contributed by atoms with Crippen LogP contribution in [-0.2, 0) is 11.2 Å². The number of methoxy groups -OCH3 is 1. The van der Waals surface area contributed by atoms with Crippen molar-refractivity contribution in [2.75, 3.05) is 26.7 Å². The van der Waals surface area contributed by atoms with Crippen LogP contribution in [0.3, 0.4) is 0 Å². The maximum Gasteiger partial charge on any atom is 0.226 e. The Hall–Kier alpha value is -2.38. The summed E-state index contributed by atoms with van der Waals surface area (Å²) in [5.74, 6) is 0.867. The fraction of sp³-hybridized carbons (Fsp3) is 0.429. The molecule has 0 aliphatic carbocycles. The van der Waals surface area contributed by atoms with Crippen molar-refractivity contribution in [2.24, 2.45) is 0 Å². The molecular formula is C21H26N4O2S. The lowest BCUT2D eigenvalue weighted by molar-refractivity contribution is -0.120. The molecule has 3 heterocycles. The standard InChI is InChI=1S/C21H26N4O2S/c1-27-18-7-5-16(6-8-18)19(24-9-3-2-4-10-24)14-22-20(26)13-17-15-25-11-12-28-21(25)23-17/h5-8,11-12,15,19H,2-4,9-10,13-14H2,1H3,(H,22,26). The third-order valence-electron chi connectivity index (χ3n) is 5.31. The maximum absolute atomic E-state index is 12.5. The van der Waals surface area contributed by atoms with Crippen LogP contribution in [0, 0.1) is 0 Å². The zero-order chi connectivity index (χ0) is 19.3. The number of carbonyl (C=O) groups excluding carboxylic acids is 1. The number of imidazole rings is 1. The second-order valence-corrected chi connectivity index (χ2v) is 8.06. The number of aromatic nitrogens is 2. The van der Waals surface area contributed by atoms with Gasteiger partial charge in [0.25, 0.3) is 0 Å². The second-order valence-electron chi connectivity index (χ2n) is 7.19. The van der Waals surface area contributed by atoms with Crippen molar-refractivity contribution < 1.29 is 9.53 Å². The Morgan fingerprint density at radius 3 is 2.75 bits per heavy atom. The van der Waals surface area contributed by atoms with Gasteiger partial charge in [-0.3, -0.25) is 14.1 Å². The fourth-order valence-electron chi connectivity index (χ4n) is 3.81. The van der Waals surface area contributed by atoms with Gasteiger partial charge in [-0.05, 0) is 43.6 Å². The van der Waals surface area contributed by atoms with E-state index in [1.54, 1.807) is 18.4 Å². The molecule has 4 rings (SSSR count). The number of thiazole rings is 1.